The maximum atomic E-state index is 6.51. The molecule has 0 aliphatic carbocycles. The van der Waals surface area contributed by atoms with Crippen LogP contribution in [0.15, 0.2) is 0 Å². The van der Waals surface area contributed by atoms with Gasteiger partial charge in [-0.15, -0.1) is 0 Å². The number of nitrogens with zero attached hydrogens (tertiary/aromatic N) is 3. The summed E-state index contributed by atoms with van der Waals surface area (Å²) in [5, 5.41) is 1.18. The summed E-state index contributed by atoms with van der Waals surface area (Å²) in [6.45, 7) is 17.5. The zero-order chi connectivity index (χ0) is 17.1. The van der Waals surface area contributed by atoms with Crippen molar-refractivity contribution in [2.75, 3.05) is 0 Å². The van der Waals surface area contributed by atoms with Crippen LogP contribution in [0, 0.1) is 39.0 Å². The fourth-order valence-electron chi connectivity index (χ4n) is 4.12. The van der Waals surface area contributed by atoms with Crippen LogP contribution in [0.4, 0.5) is 0 Å². The molecule has 4 nitrogen and oxygen atoms in total. The zero-order valence-electron chi connectivity index (χ0n) is 15.7. The van der Waals surface area contributed by atoms with Gasteiger partial charge in [-0.05, 0) is 45.6 Å². The SMILES string of the molecule is CC[C@H]1O[C@@H](n2c(C)c(C)c3c(C)nc(C)nc32)C(C)(C)C1C. The Bertz CT molecular complexity index is 760. The molecule has 3 atom stereocenters. The molecule has 2 aromatic heterocycles. The Balaban J connectivity index is 2.27. The maximum absolute atomic E-state index is 6.51. The van der Waals surface area contributed by atoms with Crippen LogP contribution >= 0.6 is 0 Å². The lowest BCUT2D eigenvalue weighted by Gasteiger charge is -2.31. The second-order valence-corrected chi connectivity index (χ2v) is 7.68. The van der Waals surface area contributed by atoms with Crippen molar-refractivity contribution in [3.05, 3.63) is 22.8 Å². The van der Waals surface area contributed by atoms with Gasteiger partial charge in [0.2, 0.25) is 0 Å². The van der Waals surface area contributed by atoms with E-state index in [1.807, 2.05) is 6.92 Å². The number of hydrogen-bond donors (Lipinski definition) is 0. The fourth-order valence-corrected chi connectivity index (χ4v) is 4.12. The van der Waals surface area contributed by atoms with E-state index in [2.05, 4.69) is 58.0 Å². The van der Waals surface area contributed by atoms with Crippen molar-refractivity contribution >= 4 is 11.0 Å². The Morgan fingerprint density at radius 3 is 2.35 bits per heavy atom. The molecule has 4 heteroatoms. The Hall–Kier alpha value is -1.42. The van der Waals surface area contributed by atoms with Crippen LogP contribution < -0.4 is 0 Å². The lowest BCUT2D eigenvalue weighted by Crippen LogP contribution is -2.28. The molecule has 3 heterocycles. The van der Waals surface area contributed by atoms with Crippen LogP contribution in [0.2, 0.25) is 0 Å². The molecule has 0 aromatic carbocycles. The van der Waals surface area contributed by atoms with E-state index in [4.69, 9.17) is 9.72 Å². The normalized spacial score (nSPS) is 27.0. The fraction of sp³-hybridized carbons (Fsp3) is 0.684. The third-order valence-corrected chi connectivity index (χ3v) is 6.00. The molecule has 0 spiro atoms. The van der Waals surface area contributed by atoms with Gasteiger partial charge in [-0.2, -0.15) is 0 Å². The first-order chi connectivity index (χ1) is 10.7. The van der Waals surface area contributed by atoms with E-state index in [-0.39, 0.29) is 11.6 Å². The number of hydrogen-bond acceptors (Lipinski definition) is 3. The predicted octanol–water partition coefficient (Wildman–Crippen LogP) is 4.63. The second kappa shape index (κ2) is 5.30. The van der Waals surface area contributed by atoms with E-state index in [1.165, 1.54) is 16.6 Å². The van der Waals surface area contributed by atoms with E-state index in [0.717, 1.165) is 23.6 Å². The molecule has 1 unspecified atom stereocenters. The standard InChI is InChI=1S/C19H29N3O/c1-9-15-11(3)19(7,8)18(23-15)22-13(5)10(2)16-12(4)20-14(6)21-17(16)22/h11,15,18H,9H2,1-8H3/t11?,15-,18-/m1/s1. The number of aryl methyl sites for hydroxylation is 3. The van der Waals surface area contributed by atoms with Crippen molar-refractivity contribution < 1.29 is 4.74 Å². The monoisotopic (exact) mass is 315 g/mol. The summed E-state index contributed by atoms with van der Waals surface area (Å²) in [4.78, 5) is 9.34. The first kappa shape index (κ1) is 16.4. The molecule has 0 amide bonds. The minimum absolute atomic E-state index is 0.0207. The molecule has 23 heavy (non-hydrogen) atoms. The summed E-state index contributed by atoms with van der Waals surface area (Å²) in [5.74, 6) is 1.34. The number of aromatic nitrogens is 3. The quantitative estimate of drug-likeness (QED) is 0.811. The number of fused-ring (bicyclic) bond motifs is 1. The zero-order valence-corrected chi connectivity index (χ0v) is 15.7. The van der Waals surface area contributed by atoms with Crippen LogP contribution in [0.1, 0.15) is 63.1 Å². The highest BCUT2D eigenvalue weighted by atomic mass is 16.5. The molecule has 1 aliphatic heterocycles. The van der Waals surface area contributed by atoms with Crippen LogP contribution in [-0.2, 0) is 4.74 Å². The largest absolute Gasteiger partial charge is 0.354 e. The summed E-state index contributed by atoms with van der Waals surface area (Å²) in [6, 6.07) is 0. The van der Waals surface area contributed by atoms with Gasteiger partial charge in [0, 0.05) is 16.5 Å². The Morgan fingerprint density at radius 2 is 1.78 bits per heavy atom. The van der Waals surface area contributed by atoms with Crippen molar-refractivity contribution in [2.45, 2.75) is 74.1 Å². The van der Waals surface area contributed by atoms with E-state index in [1.54, 1.807) is 0 Å². The molecule has 0 saturated carbocycles. The van der Waals surface area contributed by atoms with E-state index in [0.29, 0.717) is 12.0 Å². The third-order valence-electron chi connectivity index (χ3n) is 6.00. The van der Waals surface area contributed by atoms with E-state index < -0.39 is 0 Å². The Morgan fingerprint density at radius 1 is 1.13 bits per heavy atom. The first-order valence-corrected chi connectivity index (χ1v) is 8.67. The molecule has 3 rings (SSSR count). The number of ether oxygens (including phenoxy) is 1. The predicted molar refractivity (Wildman–Crippen MR) is 93.6 cm³/mol. The molecule has 2 aromatic rings. The molecule has 0 N–H and O–H groups in total. The van der Waals surface area contributed by atoms with Crippen LogP contribution in [0.5, 0.6) is 0 Å². The molecule has 0 bridgehead atoms. The van der Waals surface area contributed by atoms with Crippen LogP contribution in [0.25, 0.3) is 11.0 Å². The van der Waals surface area contributed by atoms with Crippen molar-refractivity contribution in [3.8, 4) is 0 Å². The smallest absolute Gasteiger partial charge is 0.146 e. The average Bonchev–Trinajstić information content (AvgIpc) is 2.84. The topological polar surface area (TPSA) is 39.9 Å². The summed E-state index contributed by atoms with van der Waals surface area (Å²) >= 11 is 0. The van der Waals surface area contributed by atoms with Gasteiger partial charge < -0.3 is 9.30 Å². The van der Waals surface area contributed by atoms with Crippen molar-refractivity contribution in [3.63, 3.8) is 0 Å². The Kier molecular flexibility index (Phi) is 3.79. The number of rotatable bonds is 2. The lowest BCUT2D eigenvalue weighted by molar-refractivity contribution is -0.0303. The van der Waals surface area contributed by atoms with E-state index in [9.17, 15) is 0 Å². The molecule has 1 fully saturated rings. The first-order valence-electron chi connectivity index (χ1n) is 8.67. The van der Waals surface area contributed by atoms with Crippen molar-refractivity contribution in [2.24, 2.45) is 11.3 Å². The molecule has 1 saturated heterocycles. The minimum Gasteiger partial charge on any atom is -0.354 e. The highest BCUT2D eigenvalue weighted by Crippen LogP contribution is 2.51. The highest BCUT2D eigenvalue weighted by molar-refractivity contribution is 5.84. The van der Waals surface area contributed by atoms with Crippen molar-refractivity contribution in [1.82, 2.24) is 14.5 Å². The third kappa shape index (κ3) is 2.22. The van der Waals surface area contributed by atoms with Gasteiger partial charge >= 0.3 is 0 Å². The van der Waals surface area contributed by atoms with Gasteiger partial charge in [0.25, 0.3) is 0 Å². The van der Waals surface area contributed by atoms with Gasteiger partial charge in [-0.1, -0.05) is 27.7 Å². The van der Waals surface area contributed by atoms with Gasteiger partial charge in [0.05, 0.1) is 11.8 Å². The van der Waals surface area contributed by atoms with Crippen molar-refractivity contribution in [1.29, 1.82) is 0 Å². The van der Waals surface area contributed by atoms with Crippen LogP contribution in [-0.4, -0.2) is 20.6 Å². The molecular formula is C19H29N3O. The molecule has 126 valence electrons. The molecule has 0 radical (unpaired) electrons. The summed E-state index contributed by atoms with van der Waals surface area (Å²) in [7, 11) is 0. The Labute approximate surface area is 139 Å². The van der Waals surface area contributed by atoms with Gasteiger partial charge in [0.1, 0.15) is 17.7 Å². The van der Waals surface area contributed by atoms with Gasteiger partial charge in [-0.3, -0.25) is 0 Å². The maximum Gasteiger partial charge on any atom is 0.146 e. The molecule has 1 aliphatic rings. The summed E-state index contributed by atoms with van der Waals surface area (Å²) < 4.78 is 8.83. The second-order valence-electron chi connectivity index (χ2n) is 7.68. The van der Waals surface area contributed by atoms with Gasteiger partial charge in [0.15, 0.2) is 0 Å². The van der Waals surface area contributed by atoms with E-state index >= 15 is 0 Å². The highest BCUT2D eigenvalue weighted by Gasteiger charge is 2.49. The van der Waals surface area contributed by atoms with Crippen LogP contribution in [0.3, 0.4) is 0 Å². The average molecular weight is 315 g/mol. The van der Waals surface area contributed by atoms with Gasteiger partial charge in [-0.25, -0.2) is 9.97 Å². The summed E-state index contributed by atoms with van der Waals surface area (Å²) in [5.41, 5.74) is 4.65. The lowest BCUT2D eigenvalue weighted by atomic mass is 9.77. The minimum atomic E-state index is 0.0207. The molecular weight excluding hydrogens is 286 g/mol. The summed E-state index contributed by atoms with van der Waals surface area (Å²) in [6.07, 6.45) is 1.37.